The van der Waals surface area contributed by atoms with Crippen molar-refractivity contribution in [2.45, 2.75) is 155 Å². The van der Waals surface area contributed by atoms with E-state index in [2.05, 4.69) is 31.9 Å². The first-order valence-corrected chi connectivity index (χ1v) is 20.8. The number of carbonyl (C=O) groups excluding carboxylic acids is 8. The van der Waals surface area contributed by atoms with Crippen LogP contribution in [0.3, 0.4) is 0 Å². The molecule has 0 aromatic carbocycles. The maximum atomic E-state index is 13.9. The number of rotatable bonds is 27. The van der Waals surface area contributed by atoms with Crippen LogP contribution in [0.1, 0.15) is 106 Å². The van der Waals surface area contributed by atoms with E-state index in [1.165, 1.54) is 6.92 Å². The van der Waals surface area contributed by atoms with Crippen molar-refractivity contribution in [3.05, 3.63) is 0 Å². The zero-order valence-electron chi connectivity index (χ0n) is 36.1. The van der Waals surface area contributed by atoms with Gasteiger partial charge in [0.15, 0.2) is 0 Å². The maximum absolute atomic E-state index is 13.9. The second-order valence-electron chi connectivity index (χ2n) is 16.3. The van der Waals surface area contributed by atoms with Gasteiger partial charge >= 0.3 is 5.97 Å². The Labute approximate surface area is 352 Å². The van der Waals surface area contributed by atoms with Gasteiger partial charge in [-0.15, -0.1) is 0 Å². The van der Waals surface area contributed by atoms with Crippen molar-refractivity contribution in [3.63, 3.8) is 0 Å². The van der Waals surface area contributed by atoms with E-state index in [0.717, 1.165) is 4.90 Å². The van der Waals surface area contributed by atoms with Crippen molar-refractivity contribution < 1.29 is 53.4 Å². The van der Waals surface area contributed by atoms with Gasteiger partial charge in [0.1, 0.15) is 42.3 Å². The summed E-state index contributed by atoms with van der Waals surface area (Å²) >= 11 is 0. The van der Waals surface area contributed by atoms with E-state index in [1.807, 2.05) is 20.8 Å². The van der Waals surface area contributed by atoms with E-state index in [1.54, 1.807) is 20.8 Å². The molecule has 9 atom stereocenters. The monoisotopic (exact) mass is 855 g/mol. The number of carboxylic acids is 1. The van der Waals surface area contributed by atoms with E-state index in [-0.39, 0.29) is 50.5 Å². The Morgan fingerprint density at radius 1 is 0.700 bits per heavy atom. The quantitative estimate of drug-likeness (QED) is 0.0380. The average Bonchev–Trinajstić information content (AvgIpc) is 3.68. The molecule has 8 amide bonds. The summed E-state index contributed by atoms with van der Waals surface area (Å²) in [6.45, 7) is 11.5. The fraction of sp³-hybridized carbons (Fsp3) is 0.769. The summed E-state index contributed by atoms with van der Waals surface area (Å²) in [5.41, 5.74) is 16.7. The Hall–Kier alpha value is -4.89. The van der Waals surface area contributed by atoms with Crippen molar-refractivity contribution >= 4 is 53.2 Å². The van der Waals surface area contributed by atoms with Crippen LogP contribution < -0.4 is 49.1 Å². The Kier molecular flexibility index (Phi) is 23.3. The lowest BCUT2D eigenvalue weighted by Gasteiger charge is -2.30. The van der Waals surface area contributed by atoms with Crippen molar-refractivity contribution in [3.8, 4) is 0 Å². The molecule has 1 aliphatic heterocycles. The predicted octanol–water partition coefficient (Wildman–Crippen LogP) is -2.55. The van der Waals surface area contributed by atoms with Crippen LogP contribution in [0.15, 0.2) is 0 Å². The summed E-state index contributed by atoms with van der Waals surface area (Å²) in [5, 5.41) is 35.1. The van der Waals surface area contributed by atoms with Crippen LogP contribution in [0.25, 0.3) is 0 Å². The number of nitrogens with one attached hydrogen (secondary N) is 6. The van der Waals surface area contributed by atoms with Crippen LogP contribution in [0, 0.1) is 17.8 Å². The number of aliphatic hydroxyl groups excluding tert-OH is 1. The number of primary amides is 1. The topological polar surface area (TPSA) is 348 Å². The minimum absolute atomic E-state index is 0.0919. The molecule has 21 heteroatoms. The highest BCUT2D eigenvalue weighted by molar-refractivity contribution is 5.98. The summed E-state index contributed by atoms with van der Waals surface area (Å²) in [7, 11) is 0. The van der Waals surface area contributed by atoms with Gasteiger partial charge in [0.25, 0.3) is 0 Å². The molecule has 60 heavy (non-hydrogen) atoms. The minimum atomic E-state index is -1.57. The van der Waals surface area contributed by atoms with Gasteiger partial charge in [-0.25, -0.2) is 4.79 Å². The smallest absolute Gasteiger partial charge is 0.326 e. The van der Waals surface area contributed by atoms with Crippen LogP contribution in [0.5, 0.6) is 0 Å². The third kappa shape index (κ3) is 17.4. The third-order valence-electron chi connectivity index (χ3n) is 10.3. The molecule has 1 fully saturated rings. The molecule has 0 bridgehead atoms. The van der Waals surface area contributed by atoms with Gasteiger partial charge in [-0.05, 0) is 76.2 Å². The van der Waals surface area contributed by atoms with Crippen LogP contribution in [0.2, 0.25) is 0 Å². The molecular weight excluding hydrogens is 784 g/mol. The van der Waals surface area contributed by atoms with Gasteiger partial charge in [-0.3, -0.25) is 38.4 Å². The van der Waals surface area contributed by atoms with Crippen LogP contribution in [-0.2, 0) is 43.2 Å². The first-order valence-electron chi connectivity index (χ1n) is 20.8. The number of nitrogens with two attached hydrogens (primary N) is 3. The standard InChI is InChI=1S/C39H70N10O11/c1-8-22(6)31(48-32(52)23(7)41)37(57)43-24(12-9-10-16-40)33(53)45-26(18-20(2)3)35(55)47-30(21(4)5)36(56)44-25(14-15-29(42)51)34(54)46-27(19-50)38(58)49-17-11-13-28(49)39(59)60/h20-28,30-31,50H,8-19,40-41H2,1-7H3,(H2,42,51)(H,43,57)(H,44,56)(H,45,53)(H,46,54)(H,47,55)(H,48,52)(H,59,60)/t22-,23-,24-,25-,26-,27-,28-,30-,31-/m0/s1. The molecule has 1 aliphatic rings. The molecule has 1 heterocycles. The number of nitrogens with zero attached hydrogens (tertiary/aromatic N) is 1. The molecule has 342 valence electrons. The average molecular weight is 855 g/mol. The lowest BCUT2D eigenvalue weighted by atomic mass is 9.96. The number of amides is 8. The number of hydrogen-bond acceptors (Lipinski definition) is 12. The molecule has 0 spiro atoms. The lowest BCUT2D eigenvalue weighted by molar-refractivity contribution is -0.150. The van der Waals surface area contributed by atoms with Crippen molar-refractivity contribution in [2.75, 3.05) is 19.7 Å². The predicted molar refractivity (Wildman–Crippen MR) is 220 cm³/mol. The Balaban J connectivity index is 3.32. The number of aliphatic hydroxyl groups is 1. The van der Waals surface area contributed by atoms with Crippen LogP contribution >= 0.6 is 0 Å². The zero-order valence-corrected chi connectivity index (χ0v) is 36.1. The van der Waals surface area contributed by atoms with Crippen molar-refractivity contribution in [1.82, 2.24) is 36.8 Å². The fourth-order valence-corrected chi connectivity index (χ4v) is 6.54. The highest BCUT2D eigenvalue weighted by Gasteiger charge is 2.39. The van der Waals surface area contributed by atoms with Crippen LogP contribution in [-0.4, -0.2) is 136 Å². The molecule has 14 N–H and O–H groups in total. The van der Waals surface area contributed by atoms with Crippen molar-refractivity contribution in [2.24, 2.45) is 35.0 Å². The van der Waals surface area contributed by atoms with E-state index < -0.39 is 114 Å². The molecule has 1 saturated heterocycles. The van der Waals surface area contributed by atoms with Gasteiger partial charge in [-0.2, -0.15) is 0 Å². The largest absolute Gasteiger partial charge is 0.480 e. The van der Waals surface area contributed by atoms with Gasteiger partial charge in [0.05, 0.1) is 12.6 Å². The molecular formula is C39H70N10O11. The summed E-state index contributed by atoms with van der Waals surface area (Å²) in [6.07, 6.45) is 1.68. The highest BCUT2D eigenvalue weighted by Crippen LogP contribution is 2.19. The first kappa shape index (κ1) is 53.1. The zero-order chi connectivity index (χ0) is 45.9. The Morgan fingerprint density at radius 3 is 1.70 bits per heavy atom. The van der Waals surface area contributed by atoms with Crippen molar-refractivity contribution in [1.29, 1.82) is 0 Å². The summed E-state index contributed by atoms with van der Waals surface area (Å²) in [4.78, 5) is 119. The van der Waals surface area contributed by atoms with E-state index in [4.69, 9.17) is 17.2 Å². The fourth-order valence-electron chi connectivity index (χ4n) is 6.54. The minimum Gasteiger partial charge on any atom is -0.480 e. The van der Waals surface area contributed by atoms with Gasteiger partial charge < -0.3 is 64.2 Å². The van der Waals surface area contributed by atoms with Gasteiger partial charge in [0, 0.05) is 13.0 Å². The van der Waals surface area contributed by atoms with Gasteiger partial charge in [-0.1, -0.05) is 48.0 Å². The number of aliphatic carboxylic acids is 1. The summed E-state index contributed by atoms with van der Waals surface area (Å²) in [5.74, 6) is -8.36. The summed E-state index contributed by atoms with van der Waals surface area (Å²) in [6, 6.07) is -9.71. The molecule has 0 aromatic rings. The molecule has 0 radical (unpaired) electrons. The molecule has 0 aliphatic carbocycles. The molecule has 0 unspecified atom stereocenters. The first-order chi connectivity index (χ1) is 28.1. The number of hydrogen-bond donors (Lipinski definition) is 11. The third-order valence-corrected chi connectivity index (χ3v) is 10.3. The lowest BCUT2D eigenvalue weighted by Crippen LogP contribution is -2.61. The van der Waals surface area contributed by atoms with Gasteiger partial charge in [0.2, 0.25) is 47.3 Å². The second-order valence-corrected chi connectivity index (χ2v) is 16.3. The molecule has 1 rings (SSSR count). The Bertz CT molecular complexity index is 1490. The number of unbranched alkanes of at least 4 members (excludes halogenated alkanes) is 1. The number of likely N-dealkylation sites (tertiary alicyclic amines) is 1. The normalized spacial score (nSPS) is 17.9. The van der Waals surface area contributed by atoms with Crippen LogP contribution in [0.4, 0.5) is 0 Å². The number of carbonyl (C=O) groups is 9. The summed E-state index contributed by atoms with van der Waals surface area (Å²) < 4.78 is 0. The number of carboxylic acid groups (broad SMARTS) is 1. The molecule has 0 aromatic heterocycles. The molecule has 0 saturated carbocycles. The van der Waals surface area contributed by atoms with E-state index >= 15 is 0 Å². The van der Waals surface area contributed by atoms with E-state index in [0.29, 0.717) is 32.2 Å². The SMILES string of the molecule is CC[C@H](C)[C@H](NC(=O)[C@H](C)N)C(=O)N[C@@H](CCCCN)C(=O)N[C@@H](CC(C)C)C(=O)N[C@H](C(=O)N[C@@H](CCC(N)=O)C(=O)N[C@@H](CO)C(=O)N1CCC[C@H]1C(=O)O)C(C)C. The van der Waals surface area contributed by atoms with E-state index in [9.17, 15) is 53.4 Å². The second kappa shape index (κ2) is 26.3. The maximum Gasteiger partial charge on any atom is 0.326 e. The molecule has 21 nitrogen and oxygen atoms in total. The Morgan fingerprint density at radius 2 is 1.22 bits per heavy atom. The highest BCUT2D eigenvalue weighted by atomic mass is 16.4.